The predicted molar refractivity (Wildman–Crippen MR) is 88.4 cm³/mol. The van der Waals surface area contributed by atoms with E-state index in [0.717, 1.165) is 46.4 Å². The van der Waals surface area contributed by atoms with E-state index in [0.29, 0.717) is 6.61 Å². The largest absolute Gasteiger partial charge is 0.490 e. The lowest BCUT2D eigenvalue weighted by Gasteiger charge is -2.03. The van der Waals surface area contributed by atoms with Crippen LogP contribution in [0.15, 0.2) is 36.9 Å². The van der Waals surface area contributed by atoms with Crippen LogP contribution in [0.4, 0.5) is 0 Å². The van der Waals surface area contributed by atoms with Crippen LogP contribution >= 0.6 is 11.3 Å². The van der Waals surface area contributed by atoms with Gasteiger partial charge in [-0.2, -0.15) is 9.61 Å². The van der Waals surface area contributed by atoms with Crippen molar-refractivity contribution in [2.75, 3.05) is 6.61 Å². The molecule has 0 aliphatic rings. The zero-order valence-electron chi connectivity index (χ0n) is 12.5. The molecule has 5 nitrogen and oxygen atoms in total. The Balaban J connectivity index is 1.83. The summed E-state index contributed by atoms with van der Waals surface area (Å²) in [6.07, 6.45) is 4.88. The summed E-state index contributed by atoms with van der Waals surface area (Å²) in [7, 11) is 0. The van der Waals surface area contributed by atoms with E-state index in [2.05, 4.69) is 28.8 Å². The summed E-state index contributed by atoms with van der Waals surface area (Å²) in [5.74, 6) is 1.76. The summed E-state index contributed by atoms with van der Waals surface area (Å²) in [6.45, 7) is 6.32. The zero-order chi connectivity index (χ0) is 15.4. The first-order valence-electron chi connectivity index (χ1n) is 7.37. The normalized spacial score (nSPS) is 11.0. The number of aryl methyl sites for hydroxylation is 1. The molecule has 3 rings (SSSR count). The van der Waals surface area contributed by atoms with E-state index < -0.39 is 0 Å². The highest BCUT2D eigenvalue weighted by molar-refractivity contribution is 7.19. The molecule has 114 valence electrons. The van der Waals surface area contributed by atoms with Gasteiger partial charge in [-0.1, -0.05) is 37.3 Å². The molecular weight excluding hydrogens is 296 g/mol. The van der Waals surface area contributed by atoms with Crippen LogP contribution in [0.1, 0.15) is 25.6 Å². The van der Waals surface area contributed by atoms with E-state index in [1.165, 1.54) is 0 Å². The van der Waals surface area contributed by atoms with Crippen LogP contribution in [0.2, 0.25) is 0 Å². The minimum Gasteiger partial charge on any atom is -0.490 e. The lowest BCUT2D eigenvalue weighted by atomic mass is 10.2. The van der Waals surface area contributed by atoms with Crippen molar-refractivity contribution in [1.29, 1.82) is 0 Å². The molecule has 3 aromatic rings. The van der Waals surface area contributed by atoms with Crippen molar-refractivity contribution in [1.82, 2.24) is 19.8 Å². The van der Waals surface area contributed by atoms with Crippen molar-refractivity contribution in [3.63, 3.8) is 0 Å². The summed E-state index contributed by atoms with van der Waals surface area (Å²) in [5, 5.41) is 14.0. The van der Waals surface area contributed by atoms with Gasteiger partial charge in [-0.25, -0.2) is 0 Å². The molecule has 0 spiro atoms. The molecule has 6 heteroatoms. The summed E-state index contributed by atoms with van der Waals surface area (Å²) in [5.41, 5.74) is 1.06. The lowest BCUT2D eigenvalue weighted by molar-refractivity contribution is 0.363. The second-order valence-electron chi connectivity index (χ2n) is 4.95. The molecule has 1 aromatic carbocycles. The number of benzene rings is 1. The summed E-state index contributed by atoms with van der Waals surface area (Å²) >= 11 is 1.55. The fraction of sp³-hybridized carbons (Fsp3) is 0.312. The monoisotopic (exact) mass is 314 g/mol. The Morgan fingerprint density at radius 3 is 2.82 bits per heavy atom. The molecule has 0 saturated carbocycles. The minimum atomic E-state index is 0.511. The molecule has 0 aliphatic heterocycles. The first kappa shape index (κ1) is 14.7. The Labute approximate surface area is 133 Å². The predicted octanol–water partition coefficient (Wildman–Crippen LogP) is 3.76. The first-order valence-corrected chi connectivity index (χ1v) is 8.18. The molecule has 0 amide bonds. The molecule has 2 heterocycles. The first-order chi connectivity index (χ1) is 10.8. The fourth-order valence-electron chi connectivity index (χ4n) is 2.11. The summed E-state index contributed by atoms with van der Waals surface area (Å²) in [4.78, 5) is 0.841. The molecule has 0 N–H and O–H groups in total. The number of fused-ring (bicyclic) bond motifs is 1. The van der Waals surface area contributed by atoms with E-state index >= 15 is 0 Å². The highest BCUT2D eigenvalue weighted by Gasteiger charge is 2.12. The Bertz CT molecular complexity index is 760. The van der Waals surface area contributed by atoms with Gasteiger partial charge in [-0.15, -0.1) is 10.2 Å². The smallest absolute Gasteiger partial charge is 0.234 e. The van der Waals surface area contributed by atoms with Gasteiger partial charge >= 0.3 is 0 Å². The third-order valence-corrected chi connectivity index (χ3v) is 4.23. The summed E-state index contributed by atoms with van der Waals surface area (Å²) in [6, 6.07) is 7.91. The maximum atomic E-state index is 5.49. The average Bonchev–Trinajstić information content (AvgIpc) is 3.12. The van der Waals surface area contributed by atoms with Crippen LogP contribution in [-0.2, 0) is 6.42 Å². The standard InChI is InChI=1S/C16H18N4OS/c1-3-5-6-14-17-18-16-20(14)19-15(22-16)12-7-9-13(10-8-12)21-11-4-2/h4,7-10H,2-3,5-6,11H2,1H3. The number of hydrogen-bond donors (Lipinski definition) is 0. The maximum Gasteiger partial charge on any atom is 0.234 e. The Morgan fingerprint density at radius 2 is 2.09 bits per heavy atom. The van der Waals surface area contributed by atoms with Crippen LogP contribution in [0, 0.1) is 0 Å². The van der Waals surface area contributed by atoms with Gasteiger partial charge in [-0.3, -0.25) is 0 Å². The molecule has 0 fully saturated rings. The third-order valence-electron chi connectivity index (χ3n) is 3.28. The fourth-order valence-corrected chi connectivity index (χ4v) is 2.98. The van der Waals surface area contributed by atoms with E-state index in [-0.39, 0.29) is 0 Å². The van der Waals surface area contributed by atoms with Crippen molar-refractivity contribution in [2.45, 2.75) is 26.2 Å². The number of unbranched alkanes of at least 4 members (excludes halogenated alkanes) is 1. The van der Waals surface area contributed by atoms with Gasteiger partial charge < -0.3 is 4.74 Å². The van der Waals surface area contributed by atoms with Crippen LogP contribution in [0.3, 0.4) is 0 Å². The van der Waals surface area contributed by atoms with Gasteiger partial charge in [0.05, 0.1) is 0 Å². The van der Waals surface area contributed by atoms with Gasteiger partial charge in [0.2, 0.25) is 4.96 Å². The lowest BCUT2D eigenvalue weighted by Crippen LogP contribution is -1.96. The highest BCUT2D eigenvalue weighted by Crippen LogP contribution is 2.27. The van der Waals surface area contributed by atoms with Gasteiger partial charge in [0.25, 0.3) is 0 Å². The maximum absolute atomic E-state index is 5.49. The van der Waals surface area contributed by atoms with E-state index in [9.17, 15) is 0 Å². The van der Waals surface area contributed by atoms with Crippen LogP contribution < -0.4 is 4.74 Å². The highest BCUT2D eigenvalue weighted by atomic mass is 32.1. The van der Waals surface area contributed by atoms with E-state index in [1.54, 1.807) is 17.4 Å². The van der Waals surface area contributed by atoms with Gasteiger partial charge in [-0.05, 0) is 30.7 Å². The van der Waals surface area contributed by atoms with Crippen LogP contribution in [0.5, 0.6) is 5.75 Å². The number of aromatic nitrogens is 4. The molecule has 0 unspecified atom stereocenters. The number of rotatable bonds is 7. The van der Waals surface area contributed by atoms with Gasteiger partial charge in [0.1, 0.15) is 17.4 Å². The third kappa shape index (κ3) is 3.01. The SMILES string of the molecule is C=CCOc1ccc(-c2nn3c(CCCC)nnc3s2)cc1. The van der Waals surface area contributed by atoms with E-state index in [4.69, 9.17) is 4.74 Å². The molecule has 0 atom stereocenters. The molecule has 0 saturated heterocycles. The molecular formula is C16H18N4OS. The van der Waals surface area contributed by atoms with Crippen LogP contribution in [-0.4, -0.2) is 26.4 Å². The molecule has 22 heavy (non-hydrogen) atoms. The van der Waals surface area contributed by atoms with Gasteiger partial charge in [0, 0.05) is 12.0 Å². The van der Waals surface area contributed by atoms with Gasteiger partial charge in [0.15, 0.2) is 5.82 Å². The summed E-state index contributed by atoms with van der Waals surface area (Å²) < 4.78 is 7.35. The number of hydrogen-bond acceptors (Lipinski definition) is 5. The Hall–Kier alpha value is -2.21. The van der Waals surface area contributed by atoms with Crippen molar-refractivity contribution < 1.29 is 4.74 Å². The van der Waals surface area contributed by atoms with Crippen molar-refractivity contribution in [3.05, 3.63) is 42.7 Å². The van der Waals surface area contributed by atoms with Crippen molar-refractivity contribution >= 4 is 16.3 Å². The Morgan fingerprint density at radius 1 is 1.27 bits per heavy atom. The average molecular weight is 314 g/mol. The number of nitrogens with zero attached hydrogens (tertiary/aromatic N) is 4. The Kier molecular flexibility index (Phi) is 4.48. The second-order valence-corrected chi connectivity index (χ2v) is 5.90. The molecule has 0 bridgehead atoms. The van der Waals surface area contributed by atoms with Crippen molar-refractivity contribution in [2.24, 2.45) is 0 Å². The van der Waals surface area contributed by atoms with Crippen LogP contribution in [0.25, 0.3) is 15.5 Å². The van der Waals surface area contributed by atoms with Crippen molar-refractivity contribution in [3.8, 4) is 16.3 Å². The number of ether oxygens (including phenoxy) is 1. The topological polar surface area (TPSA) is 52.3 Å². The molecule has 0 aliphatic carbocycles. The molecule has 2 aromatic heterocycles. The molecule has 0 radical (unpaired) electrons. The quantitative estimate of drug-likeness (QED) is 0.623. The zero-order valence-corrected chi connectivity index (χ0v) is 13.3. The van der Waals surface area contributed by atoms with E-state index in [1.807, 2.05) is 28.8 Å². The second kappa shape index (κ2) is 6.70. The minimum absolute atomic E-state index is 0.511.